The number of anilines is 1. The van der Waals surface area contributed by atoms with Crippen LogP contribution in [0.3, 0.4) is 0 Å². The van der Waals surface area contributed by atoms with Crippen LogP contribution >= 0.6 is 0 Å². The number of aliphatic carboxylic acids is 1. The fourth-order valence-corrected chi connectivity index (χ4v) is 2.90. The third kappa shape index (κ3) is 1.59. The number of nitrogens with zero attached hydrogens (tertiary/aromatic N) is 1. The first-order chi connectivity index (χ1) is 8.65. The SMILES string of the molecule is O=C(O)C1(c2c(F)cccc2N2CCCC2)CC1. The van der Waals surface area contributed by atoms with Crippen molar-refractivity contribution in [3.8, 4) is 0 Å². The maximum absolute atomic E-state index is 14.1. The number of rotatable bonds is 3. The van der Waals surface area contributed by atoms with Crippen molar-refractivity contribution in [2.45, 2.75) is 31.1 Å². The Labute approximate surface area is 105 Å². The maximum Gasteiger partial charge on any atom is 0.314 e. The molecule has 1 aromatic rings. The number of halogens is 1. The Hall–Kier alpha value is -1.58. The Morgan fingerprint density at radius 1 is 1.28 bits per heavy atom. The largest absolute Gasteiger partial charge is 0.481 e. The summed E-state index contributed by atoms with van der Waals surface area (Å²) in [5.41, 5.74) is 0.218. The van der Waals surface area contributed by atoms with Gasteiger partial charge in [-0.3, -0.25) is 4.79 Å². The van der Waals surface area contributed by atoms with Crippen molar-refractivity contribution in [2.24, 2.45) is 0 Å². The molecule has 3 rings (SSSR count). The van der Waals surface area contributed by atoms with Gasteiger partial charge in [0.1, 0.15) is 5.82 Å². The molecule has 0 atom stereocenters. The summed E-state index contributed by atoms with van der Waals surface area (Å²) in [6, 6.07) is 4.90. The first-order valence-corrected chi connectivity index (χ1v) is 6.42. The quantitative estimate of drug-likeness (QED) is 0.895. The Bertz CT molecular complexity index is 491. The van der Waals surface area contributed by atoms with Gasteiger partial charge in [-0.2, -0.15) is 0 Å². The number of carbonyl (C=O) groups is 1. The molecule has 1 aromatic carbocycles. The molecule has 4 heteroatoms. The van der Waals surface area contributed by atoms with E-state index in [2.05, 4.69) is 4.90 Å². The van der Waals surface area contributed by atoms with Crippen LogP contribution in [-0.4, -0.2) is 24.2 Å². The average Bonchev–Trinajstić information content (AvgIpc) is 2.97. The van der Waals surface area contributed by atoms with Crippen LogP contribution in [-0.2, 0) is 10.2 Å². The predicted octanol–water partition coefficient (Wildman–Crippen LogP) is 2.54. The molecule has 18 heavy (non-hydrogen) atoms. The Balaban J connectivity index is 2.09. The lowest BCUT2D eigenvalue weighted by Gasteiger charge is -2.24. The van der Waals surface area contributed by atoms with Crippen molar-refractivity contribution < 1.29 is 14.3 Å². The van der Waals surface area contributed by atoms with Gasteiger partial charge in [0.2, 0.25) is 0 Å². The molecule has 0 spiro atoms. The lowest BCUT2D eigenvalue weighted by molar-refractivity contribution is -0.140. The molecule has 0 aromatic heterocycles. The summed E-state index contributed by atoms with van der Waals surface area (Å²) in [5, 5.41) is 9.36. The van der Waals surface area contributed by atoms with Gasteiger partial charge in [0, 0.05) is 24.3 Å². The van der Waals surface area contributed by atoms with E-state index >= 15 is 0 Å². The van der Waals surface area contributed by atoms with Crippen molar-refractivity contribution in [3.63, 3.8) is 0 Å². The Morgan fingerprint density at radius 2 is 1.94 bits per heavy atom. The highest BCUT2D eigenvalue weighted by atomic mass is 19.1. The van der Waals surface area contributed by atoms with E-state index < -0.39 is 11.4 Å². The van der Waals surface area contributed by atoms with E-state index in [1.54, 1.807) is 6.07 Å². The third-order valence-electron chi connectivity index (χ3n) is 4.08. The topological polar surface area (TPSA) is 40.5 Å². The van der Waals surface area contributed by atoms with Gasteiger partial charge in [-0.25, -0.2) is 4.39 Å². The van der Waals surface area contributed by atoms with Gasteiger partial charge < -0.3 is 10.0 Å². The molecule has 1 heterocycles. The van der Waals surface area contributed by atoms with E-state index in [4.69, 9.17) is 0 Å². The average molecular weight is 249 g/mol. The Morgan fingerprint density at radius 3 is 2.50 bits per heavy atom. The van der Waals surface area contributed by atoms with Gasteiger partial charge in [0.25, 0.3) is 0 Å². The number of benzene rings is 1. The third-order valence-corrected chi connectivity index (χ3v) is 4.08. The van der Waals surface area contributed by atoms with E-state index in [0.29, 0.717) is 18.4 Å². The smallest absolute Gasteiger partial charge is 0.314 e. The summed E-state index contributed by atoms with van der Waals surface area (Å²) in [5.74, 6) is -1.27. The summed E-state index contributed by atoms with van der Waals surface area (Å²) in [6.45, 7) is 1.79. The van der Waals surface area contributed by atoms with Crippen LogP contribution in [0.5, 0.6) is 0 Å². The van der Waals surface area contributed by atoms with Crippen LogP contribution in [0.1, 0.15) is 31.2 Å². The van der Waals surface area contributed by atoms with Gasteiger partial charge in [0.05, 0.1) is 5.41 Å². The highest BCUT2D eigenvalue weighted by molar-refractivity contribution is 5.87. The van der Waals surface area contributed by atoms with Crippen molar-refractivity contribution in [1.29, 1.82) is 0 Å². The minimum Gasteiger partial charge on any atom is -0.481 e. The van der Waals surface area contributed by atoms with Crippen molar-refractivity contribution in [1.82, 2.24) is 0 Å². The second-order valence-corrected chi connectivity index (χ2v) is 5.22. The zero-order chi connectivity index (χ0) is 12.8. The monoisotopic (exact) mass is 249 g/mol. The van der Waals surface area contributed by atoms with E-state index in [0.717, 1.165) is 31.6 Å². The zero-order valence-electron chi connectivity index (χ0n) is 10.2. The summed E-state index contributed by atoms with van der Waals surface area (Å²) >= 11 is 0. The molecule has 0 amide bonds. The minimum absolute atomic E-state index is 0.376. The fourth-order valence-electron chi connectivity index (χ4n) is 2.90. The van der Waals surface area contributed by atoms with Gasteiger partial charge in [-0.15, -0.1) is 0 Å². The highest BCUT2D eigenvalue weighted by Gasteiger charge is 2.54. The van der Waals surface area contributed by atoms with Gasteiger partial charge >= 0.3 is 5.97 Å². The molecule has 1 saturated carbocycles. The molecule has 1 aliphatic heterocycles. The van der Waals surface area contributed by atoms with E-state index in [1.165, 1.54) is 6.07 Å². The van der Waals surface area contributed by atoms with Crippen molar-refractivity contribution in [2.75, 3.05) is 18.0 Å². The van der Waals surface area contributed by atoms with E-state index in [1.807, 2.05) is 6.07 Å². The van der Waals surface area contributed by atoms with Crippen molar-refractivity contribution in [3.05, 3.63) is 29.6 Å². The van der Waals surface area contributed by atoms with Crippen LogP contribution < -0.4 is 4.90 Å². The fraction of sp³-hybridized carbons (Fsp3) is 0.500. The standard InChI is InChI=1S/C14H16FNO2/c15-10-4-3-5-11(16-8-1-2-9-16)12(10)14(6-7-14)13(17)18/h3-5H,1-2,6-9H2,(H,17,18). The molecular formula is C14H16FNO2. The van der Waals surface area contributed by atoms with Crippen LogP contribution in [0, 0.1) is 5.82 Å². The lowest BCUT2D eigenvalue weighted by Crippen LogP contribution is -2.27. The molecule has 0 unspecified atom stereocenters. The molecule has 3 nitrogen and oxygen atoms in total. The minimum atomic E-state index is -0.969. The van der Waals surface area contributed by atoms with Gasteiger partial charge in [0.15, 0.2) is 0 Å². The van der Waals surface area contributed by atoms with Gasteiger partial charge in [-0.05, 0) is 37.8 Å². The number of hydrogen-bond donors (Lipinski definition) is 1. The van der Waals surface area contributed by atoms with Gasteiger partial charge in [-0.1, -0.05) is 6.07 Å². The second-order valence-electron chi connectivity index (χ2n) is 5.22. The second kappa shape index (κ2) is 3.97. The first-order valence-electron chi connectivity index (χ1n) is 6.42. The molecule has 2 fully saturated rings. The van der Waals surface area contributed by atoms with E-state index in [-0.39, 0.29) is 5.82 Å². The summed E-state index contributed by atoms with van der Waals surface area (Å²) in [4.78, 5) is 13.5. The number of carboxylic acid groups (broad SMARTS) is 1. The molecule has 1 N–H and O–H groups in total. The number of carboxylic acids is 1. The molecule has 1 aliphatic carbocycles. The highest BCUT2D eigenvalue weighted by Crippen LogP contribution is 2.52. The van der Waals surface area contributed by atoms with Crippen molar-refractivity contribution >= 4 is 11.7 Å². The number of hydrogen-bond acceptors (Lipinski definition) is 2. The summed E-state index contributed by atoms with van der Waals surface area (Å²) < 4.78 is 14.1. The predicted molar refractivity (Wildman–Crippen MR) is 66.4 cm³/mol. The first kappa shape index (κ1) is 11.5. The molecule has 96 valence electrons. The van der Waals surface area contributed by atoms with Crippen LogP contribution in [0.25, 0.3) is 0 Å². The molecule has 0 bridgehead atoms. The molecular weight excluding hydrogens is 233 g/mol. The summed E-state index contributed by atoms with van der Waals surface area (Å²) in [7, 11) is 0. The van der Waals surface area contributed by atoms with E-state index in [9.17, 15) is 14.3 Å². The van der Waals surface area contributed by atoms with Crippen LogP contribution in [0.2, 0.25) is 0 Å². The lowest BCUT2D eigenvalue weighted by atomic mass is 9.93. The maximum atomic E-state index is 14.1. The molecule has 0 radical (unpaired) electrons. The normalized spacial score (nSPS) is 21.1. The molecule has 1 saturated heterocycles. The van der Waals surface area contributed by atoms with Crippen LogP contribution in [0.4, 0.5) is 10.1 Å². The van der Waals surface area contributed by atoms with Crippen LogP contribution in [0.15, 0.2) is 18.2 Å². The molecule has 2 aliphatic rings. The zero-order valence-corrected chi connectivity index (χ0v) is 10.2. The Kier molecular flexibility index (Phi) is 2.54. The summed E-state index contributed by atoms with van der Waals surface area (Å²) in [6.07, 6.45) is 3.28.